The van der Waals surface area contributed by atoms with Gasteiger partial charge in [-0.3, -0.25) is 4.79 Å². The van der Waals surface area contributed by atoms with Crippen molar-refractivity contribution in [2.24, 2.45) is 4.99 Å². The summed E-state index contributed by atoms with van der Waals surface area (Å²) in [5.74, 6) is 0.137. The van der Waals surface area contributed by atoms with Gasteiger partial charge in [0.15, 0.2) is 5.17 Å². The molecule has 2 aliphatic heterocycles. The van der Waals surface area contributed by atoms with Crippen LogP contribution in [0.25, 0.3) is 0 Å². The number of carbonyl (C=O) groups excluding carboxylic acids is 2. The normalized spacial score (nSPS) is 17.9. The Morgan fingerprint density at radius 2 is 1.94 bits per heavy atom. The molecule has 0 unspecified atom stereocenters. The quantitative estimate of drug-likeness (QED) is 0.611. The molecule has 3 heterocycles. The molecule has 0 saturated heterocycles. The summed E-state index contributed by atoms with van der Waals surface area (Å²) in [4.78, 5) is 32.6. The molecule has 0 saturated carbocycles. The first-order valence-corrected chi connectivity index (χ1v) is 11.6. The van der Waals surface area contributed by atoms with E-state index < -0.39 is 17.6 Å². The number of nitrogens with one attached hydrogen (secondary N) is 1. The third kappa shape index (κ3) is 5.22. The summed E-state index contributed by atoms with van der Waals surface area (Å²) in [6, 6.07) is 12.9. The number of amidine groups is 1. The summed E-state index contributed by atoms with van der Waals surface area (Å²) in [7, 11) is 0. The number of nitrogens with zero attached hydrogens (tertiary/aromatic N) is 2. The molecule has 172 valence electrons. The summed E-state index contributed by atoms with van der Waals surface area (Å²) in [5.41, 5.74) is 2.16. The molecule has 0 aliphatic carbocycles. The van der Waals surface area contributed by atoms with Crippen LogP contribution in [0.15, 0.2) is 80.5 Å². The average molecular weight is 466 g/mol. The maximum atomic E-state index is 13.3. The minimum atomic E-state index is -0.639. The summed E-state index contributed by atoms with van der Waals surface area (Å²) < 4.78 is 11.0. The second-order valence-electron chi connectivity index (χ2n) is 8.84. The number of furan rings is 1. The van der Waals surface area contributed by atoms with Gasteiger partial charge in [-0.25, -0.2) is 9.79 Å². The fourth-order valence-corrected chi connectivity index (χ4v) is 4.70. The van der Waals surface area contributed by atoms with Gasteiger partial charge in [0, 0.05) is 5.70 Å². The first-order valence-electron chi connectivity index (χ1n) is 10.7. The summed E-state index contributed by atoms with van der Waals surface area (Å²) in [6.45, 7) is 7.67. The fraction of sp³-hybridized carbons (Fsp3) is 0.320. The molecule has 0 bridgehead atoms. The first kappa shape index (κ1) is 22.9. The fourth-order valence-electron chi connectivity index (χ4n) is 3.74. The third-order valence-electron chi connectivity index (χ3n) is 5.12. The van der Waals surface area contributed by atoms with Crippen LogP contribution in [0.1, 0.15) is 51.5 Å². The Morgan fingerprint density at radius 1 is 1.18 bits per heavy atom. The van der Waals surface area contributed by atoms with Crippen LogP contribution in [0.4, 0.5) is 0 Å². The Labute approximate surface area is 197 Å². The van der Waals surface area contributed by atoms with E-state index in [-0.39, 0.29) is 12.3 Å². The predicted molar refractivity (Wildman–Crippen MR) is 128 cm³/mol. The Kier molecular flexibility index (Phi) is 6.47. The highest BCUT2D eigenvalue weighted by molar-refractivity contribution is 8.16. The van der Waals surface area contributed by atoms with Crippen LogP contribution in [0.3, 0.4) is 0 Å². The molecule has 0 fully saturated rings. The maximum Gasteiger partial charge on any atom is 0.338 e. The van der Waals surface area contributed by atoms with E-state index in [1.54, 1.807) is 12.3 Å². The highest BCUT2D eigenvalue weighted by atomic mass is 32.2. The number of ether oxygens (including phenoxy) is 1. The van der Waals surface area contributed by atoms with Crippen LogP contribution in [0.5, 0.6) is 0 Å². The molecule has 1 aromatic heterocycles. The number of thioether (sulfide) groups is 1. The van der Waals surface area contributed by atoms with Crippen molar-refractivity contribution in [2.75, 3.05) is 0 Å². The van der Waals surface area contributed by atoms with Crippen molar-refractivity contribution >= 4 is 28.8 Å². The van der Waals surface area contributed by atoms with E-state index in [0.29, 0.717) is 23.6 Å². The van der Waals surface area contributed by atoms with E-state index in [0.717, 1.165) is 16.4 Å². The van der Waals surface area contributed by atoms with Gasteiger partial charge in [0.25, 0.3) is 0 Å². The van der Waals surface area contributed by atoms with E-state index in [9.17, 15) is 9.59 Å². The zero-order chi connectivity index (χ0) is 23.6. The van der Waals surface area contributed by atoms with E-state index in [1.807, 2.05) is 74.4 Å². The highest BCUT2D eigenvalue weighted by Crippen LogP contribution is 2.45. The van der Waals surface area contributed by atoms with Gasteiger partial charge in [-0.2, -0.15) is 0 Å². The molecular weight excluding hydrogens is 438 g/mol. The van der Waals surface area contributed by atoms with E-state index in [1.165, 1.54) is 11.8 Å². The summed E-state index contributed by atoms with van der Waals surface area (Å²) in [6.07, 6.45) is 1.72. The van der Waals surface area contributed by atoms with Crippen molar-refractivity contribution in [1.82, 2.24) is 10.2 Å². The zero-order valence-corrected chi connectivity index (χ0v) is 19.9. The number of benzene rings is 1. The van der Waals surface area contributed by atoms with Crippen molar-refractivity contribution < 1.29 is 18.7 Å². The zero-order valence-electron chi connectivity index (χ0n) is 19.1. The van der Waals surface area contributed by atoms with Crippen molar-refractivity contribution in [3.8, 4) is 0 Å². The molecule has 2 aromatic rings. The van der Waals surface area contributed by atoms with E-state index in [2.05, 4.69) is 10.3 Å². The van der Waals surface area contributed by atoms with Crippen molar-refractivity contribution in [3.05, 3.63) is 82.4 Å². The first-order chi connectivity index (χ1) is 15.7. The lowest BCUT2D eigenvalue weighted by Crippen LogP contribution is -2.39. The smallest absolute Gasteiger partial charge is 0.338 e. The van der Waals surface area contributed by atoms with Gasteiger partial charge in [0.05, 0.1) is 36.5 Å². The average Bonchev–Trinajstić information content (AvgIpc) is 3.41. The van der Waals surface area contributed by atoms with Crippen molar-refractivity contribution in [3.63, 3.8) is 0 Å². The lowest BCUT2D eigenvalue weighted by atomic mass is 9.93. The van der Waals surface area contributed by atoms with E-state index >= 15 is 0 Å². The van der Waals surface area contributed by atoms with Crippen LogP contribution in [-0.4, -0.2) is 27.5 Å². The van der Waals surface area contributed by atoms with Gasteiger partial charge in [-0.15, -0.1) is 0 Å². The number of esters is 1. The number of fused-ring (bicyclic) bond motifs is 1. The number of hydrogen-bond donors (Lipinski definition) is 1. The number of rotatable bonds is 6. The lowest BCUT2D eigenvalue weighted by Gasteiger charge is -2.37. The molecule has 1 aromatic carbocycles. The van der Waals surface area contributed by atoms with Gasteiger partial charge < -0.3 is 19.4 Å². The van der Waals surface area contributed by atoms with Crippen LogP contribution in [0, 0.1) is 0 Å². The Hall–Kier alpha value is -3.26. The van der Waals surface area contributed by atoms with Gasteiger partial charge in [-0.1, -0.05) is 42.1 Å². The molecular formula is C25H27N3O4S. The molecule has 0 spiro atoms. The Morgan fingerprint density at radius 3 is 2.61 bits per heavy atom. The van der Waals surface area contributed by atoms with Crippen LogP contribution >= 0.6 is 11.8 Å². The SMILES string of the molecule is CC1=C(C(=O)OC(C)(C)C)[C@H](c2ccccc2)N2C(CC(=O)NCc3ccco3)=CSC2=N1. The second kappa shape index (κ2) is 9.31. The highest BCUT2D eigenvalue weighted by Gasteiger charge is 2.41. The van der Waals surface area contributed by atoms with E-state index in [4.69, 9.17) is 9.15 Å². The molecule has 8 heteroatoms. The van der Waals surface area contributed by atoms with Crippen molar-refractivity contribution in [2.45, 2.75) is 52.3 Å². The molecule has 33 heavy (non-hydrogen) atoms. The third-order valence-corrected chi connectivity index (χ3v) is 6.01. The largest absolute Gasteiger partial charge is 0.467 e. The van der Waals surface area contributed by atoms with Gasteiger partial charge in [-0.05, 0) is 50.8 Å². The van der Waals surface area contributed by atoms with Crippen LogP contribution in [-0.2, 0) is 20.9 Å². The summed E-state index contributed by atoms with van der Waals surface area (Å²) >= 11 is 1.45. The number of hydrogen-bond acceptors (Lipinski definition) is 7. The van der Waals surface area contributed by atoms with Crippen LogP contribution < -0.4 is 5.32 Å². The standard InChI is InChI=1S/C25H27N3O4S/c1-16-21(23(30)32-25(2,3)4)22(17-9-6-5-7-10-17)28-18(15-33-24(28)27-16)13-20(29)26-14-19-11-8-12-31-19/h5-12,15,22H,13-14H2,1-4H3,(H,26,29)/t22-/m0/s1. The molecule has 7 nitrogen and oxygen atoms in total. The second-order valence-corrected chi connectivity index (χ2v) is 9.68. The molecule has 1 N–H and O–H groups in total. The Bertz CT molecular complexity index is 1130. The molecule has 1 atom stereocenters. The van der Waals surface area contributed by atoms with Gasteiger partial charge >= 0.3 is 5.97 Å². The lowest BCUT2D eigenvalue weighted by molar-refractivity contribution is -0.150. The molecule has 0 radical (unpaired) electrons. The monoisotopic (exact) mass is 465 g/mol. The Balaban J connectivity index is 1.62. The topological polar surface area (TPSA) is 84.1 Å². The number of aliphatic imine (C=N–C) groups is 1. The van der Waals surface area contributed by atoms with Gasteiger partial charge in [0.1, 0.15) is 11.4 Å². The van der Waals surface area contributed by atoms with Gasteiger partial charge in [0.2, 0.25) is 5.91 Å². The molecule has 1 amide bonds. The molecule has 4 rings (SSSR count). The number of amides is 1. The van der Waals surface area contributed by atoms with Crippen LogP contribution in [0.2, 0.25) is 0 Å². The minimum Gasteiger partial charge on any atom is -0.467 e. The number of carbonyl (C=O) groups is 2. The number of allylic oxidation sites excluding steroid dienone is 1. The van der Waals surface area contributed by atoms with Crippen molar-refractivity contribution in [1.29, 1.82) is 0 Å². The minimum absolute atomic E-state index is 0.142. The maximum absolute atomic E-state index is 13.3. The summed E-state index contributed by atoms with van der Waals surface area (Å²) in [5, 5.41) is 5.54. The predicted octanol–water partition coefficient (Wildman–Crippen LogP) is 4.90. The molecule has 2 aliphatic rings.